The van der Waals surface area contributed by atoms with Crippen LogP contribution in [0.25, 0.3) is 10.9 Å². The zero-order valence-electron chi connectivity index (χ0n) is 13.9. The molecule has 2 aliphatic heterocycles. The molecular weight excluding hydrogens is 304 g/mol. The van der Waals surface area contributed by atoms with Crippen molar-refractivity contribution < 1.29 is 9.53 Å². The quantitative estimate of drug-likeness (QED) is 0.838. The number of amides is 1. The van der Waals surface area contributed by atoms with Gasteiger partial charge >= 0.3 is 0 Å². The number of ether oxygens (including phenoxy) is 1. The van der Waals surface area contributed by atoms with Crippen molar-refractivity contribution in [2.24, 2.45) is 11.8 Å². The first-order chi connectivity index (χ1) is 11.7. The van der Waals surface area contributed by atoms with Crippen LogP contribution >= 0.6 is 0 Å². The van der Waals surface area contributed by atoms with Crippen molar-refractivity contribution in [3.63, 3.8) is 0 Å². The molecule has 0 saturated carbocycles. The van der Waals surface area contributed by atoms with Crippen LogP contribution in [0.3, 0.4) is 0 Å². The van der Waals surface area contributed by atoms with E-state index in [1.165, 1.54) is 0 Å². The second-order valence-corrected chi connectivity index (χ2v) is 6.65. The Bertz CT molecular complexity index is 739. The van der Waals surface area contributed by atoms with E-state index in [1.807, 2.05) is 29.4 Å². The molecule has 2 aliphatic rings. The lowest BCUT2D eigenvalue weighted by molar-refractivity contribution is -0.140. The molecule has 6 nitrogen and oxygen atoms in total. The Kier molecular flexibility index (Phi) is 4.06. The number of nitrogens with zero attached hydrogens (tertiary/aromatic N) is 4. The summed E-state index contributed by atoms with van der Waals surface area (Å²) in [5, 5.41) is 1.05. The third-order valence-corrected chi connectivity index (χ3v) is 5.11. The molecule has 0 N–H and O–H groups in total. The first-order valence-electron chi connectivity index (χ1n) is 8.54. The van der Waals surface area contributed by atoms with Crippen LogP contribution < -0.4 is 4.90 Å². The molecule has 0 bridgehead atoms. The molecule has 2 saturated heterocycles. The van der Waals surface area contributed by atoms with E-state index in [1.54, 1.807) is 6.20 Å². The first-order valence-corrected chi connectivity index (χ1v) is 8.54. The van der Waals surface area contributed by atoms with Crippen molar-refractivity contribution in [1.82, 2.24) is 14.9 Å². The molecule has 0 spiro atoms. The van der Waals surface area contributed by atoms with Crippen LogP contribution in [0.4, 0.5) is 5.69 Å². The lowest BCUT2D eigenvalue weighted by Crippen LogP contribution is -2.45. The second-order valence-electron chi connectivity index (χ2n) is 6.65. The SMILES string of the molecule is C[C@@H]1CN(c2ccnc3ccncc23)C[C@H]1C(=O)N1CCOCC1. The average molecular weight is 326 g/mol. The van der Waals surface area contributed by atoms with Gasteiger partial charge in [-0.25, -0.2) is 0 Å². The summed E-state index contributed by atoms with van der Waals surface area (Å²) in [4.78, 5) is 25.8. The number of hydrogen-bond donors (Lipinski definition) is 0. The number of carbonyl (C=O) groups is 1. The Morgan fingerprint density at radius 3 is 2.88 bits per heavy atom. The number of hydrogen-bond acceptors (Lipinski definition) is 5. The molecule has 2 atom stereocenters. The lowest BCUT2D eigenvalue weighted by atomic mass is 9.96. The number of rotatable bonds is 2. The highest BCUT2D eigenvalue weighted by Crippen LogP contribution is 2.33. The number of anilines is 1. The summed E-state index contributed by atoms with van der Waals surface area (Å²) in [5.41, 5.74) is 2.07. The van der Waals surface area contributed by atoms with Gasteiger partial charge in [0.2, 0.25) is 5.91 Å². The maximum Gasteiger partial charge on any atom is 0.227 e. The highest BCUT2D eigenvalue weighted by Gasteiger charge is 2.37. The van der Waals surface area contributed by atoms with Crippen LogP contribution in [-0.4, -0.2) is 60.2 Å². The Hall–Kier alpha value is -2.21. The highest BCUT2D eigenvalue weighted by molar-refractivity contribution is 5.91. The molecule has 126 valence electrons. The molecule has 0 aromatic carbocycles. The maximum atomic E-state index is 12.9. The van der Waals surface area contributed by atoms with Gasteiger partial charge in [0.1, 0.15) is 0 Å². The van der Waals surface area contributed by atoms with Crippen LogP contribution in [0.15, 0.2) is 30.7 Å². The molecule has 24 heavy (non-hydrogen) atoms. The number of aromatic nitrogens is 2. The third kappa shape index (κ3) is 2.71. The molecule has 2 fully saturated rings. The molecule has 0 unspecified atom stereocenters. The predicted molar refractivity (Wildman–Crippen MR) is 91.8 cm³/mol. The number of pyridine rings is 2. The van der Waals surface area contributed by atoms with Crippen LogP contribution in [0.1, 0.15) is 6.92 Å². The Morgan fingerprint density at radius 1 is 1.21 bits per heavy atom. The van der Waals surface area contributed by atoms with E-state index in [0.29, 0.717) is 32.2 Å². The van der Waals surface area contributed by atoms with Crippen molar-refractivity contribution in [3.05, 3.63) is 30.7 Å². The zero-order valence-corrected chi connectivity index (χ0v) is 13.9. The van der Waals surface area contributed by atoms with Gasteiger partial charge in [0.25, 0.3) is 0 Å². The minimum Gasteiger partial charge on any atom is -0.378 e. The summed E-state index contributed by atoms with van der Waals surface area (Å²) in [6.45, 7) is 6.54. The van der Waals surface area contributed by atoms with Crippen molar-refractivity contribution >= 4 is 22.5 Å². The lowest BCUT2D eigenvalue weighted by Gasteiger charge is -2.30. The molecule has 1 amide bonds. The van der Waals surface area contributed by atoms with E-state index in [9.17, 15) is 4.79 Å². The summed E-state index contributed by atoms with van der Waals surface area (Å²) >= 11 is 0. The Balaban J connectivity index is 1.57. The summed E-state index contributed by atoms with van der Waals surface area (Å²) < 4.78 is 5.36. The van der Waals surface area contributed by atoms with E-state index in [2.05, 4.69) is 21.8 Å². The molecule has 6 heteroatoms. The monoisotopic (exact) mass is 326 g/mol. The fraction of sp³-hybridized carbons (Fsp3) is 0.500. The van der Waals surface area contributed by atoms with Gasteiger partial charge < -0.3 is 14.5 Å². The zero-order chi connectivity index (χ0) is 16.5. The molecular formula is C18H22N4O2. The van der Waals surface area contributed by atoms with Gasteiger partial charge in [-0.05, 0) is 18.1 Å². The van der Waals surface area contributed by atoms with E-state index in [-0.39, 0.29) is 11.8 Å². The summed E-state index contributed by atoms with van der Waals surface area (Å²) in [7, 11) is 0. The minimum absolute atomic E-state index is 0.0444. The van der Waals surface area contributed by atoms with Gasteiger partial charge in [0.05, 0.1) is 24.6 Å². The molecule has 2 aromatic heterocycles. The van der Waals surface area contributed by atoms with Gasteiger partial charge in [0.15, 0.2) is 0 Å². The molecule has 0 aliphatic carbocycles. The Morgan fingerprint density at radius 2 is 2.04 bits per heavy atom. The van der Waals surface area contributed by atoms with Gasteiger partial charge in [-0.2, -0.15) is 0 Å². The molecule has 4 heterocycles. The molecule has 4 rings (SSSR count). The van der Waals surface area contributed by atoms with Crippen molar-refractivity contribution in [1.29, 1.82) is 0 Å². The van der Waals surface area contributed by atoms with Crippen LogP contribution in [0.2, 0.25) is 0 Å². The molecule has 0 radical (unpaired) electrons. The standard InChI is InChI=1S/C18H22N4O2/c1-13-11-22(12-15(13)18(23)21-6-8-24-9-7-21)17-3-5-20-16-2-4-19-10-14(16)17/h2-5,10,13,15H,6-9,11-12H2,1H3/t13-,15-/m1/s1. The number of carbonyl (C=O) groups excluding carboxylic acids is 1. The van der Waals surface area contributed by atoms with Gasteiger partial charge in [-0.15, -0.1) is 0 Å². The van der Waals surface area contributed by atoms with Gasteiger partial charge in [0, 0.05) is 55.8 Å². The van der Waals surface area contributed by atoms with Gasteiger partial charge in [-0.1, -0.05) is 6.92 Å². The van der Waals surface area contributed by atoms with Crippen molar-refractivity contribution in [3.8, 4) is 0 Å². The summed E-state index contributed by atoms with van der Waals surface area (Å²) in [5.74, 6) is 0.646. The smallest absolute Gasteiger partial charge is 0.227 e. The van der Waals surface area contributed by atoms with E-state index < -0.39 is 0 Å². The highest BCUT2D eigenvalue weighted by atomic mass is 16.5. The predicted octanol–water partition coefficient (Wildman–Crippen LogP) is 1.56. The van der Waals surface area contributed by atoms with Crippen LogP contribution in [0.5, 0.6) is 0 Å². The number of morpholine rings is 1. The largest absolute Gasteiger partial charge is 0.378 e. The first kappa shape index (κ1) is 15.3. The fourth-order valence-corrected chi connectivity index (χ4v) is 3.75. The van der Waals surface area contributed by atoms with E-state index in [0.717, 1.165) is 29.7 Å². The number of fused-ring (bicyclic) bond motifs is 1. The van der Waals surface area contributed by atoms with Crippen molar-refractivity contribution in [2.45, 2.75) is 6.92 Å². The minimum atomic E-state index is 0.0444. The molecule has 2 aromatic rings. The maximum absolute atomic E-state index is 12.9. The normalized spacial score (nSPS) is 24.5. The Labute approximate surface area is 141 Å². The van der Waals surface area contributed by atoms with E-state index >= 15 is 0 Å². The summed E-state index contributed by atoms with van der Waals surface area (Å²) in [6, 6.07) is 3.95. The van der Waals surface area contributed by atoms with Crippen LogP contribution in [0, 0.1) is 11.8 Å². The van der Waals surface area contributed by atoms with E-state index in [4.69, 9.17) is 4.74 Å². The third-order valence-electron chi connectivity index (χ3n) is 5.11. The van der Waals surface area contributed by atoms with Crippen molar-refractivity contribution in [2.75, 3.05) is 44.3 Å². The van der Waals surface area contributed by atoms with Gasteiger partial charge in [-0.3, -0.25) is 14.8 Å². The average Bonchev–Trinajstić information content (AvgIpc) is 3.03. The summed E-state index contributed by atoms with van der Waals surface area (Å²) in [6.07, 6.45) is 5.45. The topological polar surface area (TPSA) is 58.6 Å². The van der Waals surface area contributed by atoms with Crippen LogP contribution in [-0.2, 0) is 9.53 Å². The second kappa shape index (κ2) is 6.36. The fourth-order valence-electron chi connectivity index (χ4n) is 3.75.